The fraction of sp³-hybridized carbons (Fsp3) is 0.250. The SMILES string of the molecule is COc1cc2nc(C)ccc2cc1-c1cnc([C@@H](N)C/C=C/CCC(=O)c2ccon2)o1. The number of methoxy groups -OCH3 is 1. The number of hydrogen-bond donors (Lipinski definition) is 1. The molecule has 8 nitrogen and oxygen atoms in total. The van der Waals surface area contributed by atoms with Crippen molar-refractivity contribution >= 4 is 16.7 Å². The second kappa shape index (κ2) is 9.57. The number of ketones is 1. The number of oxazole rings is 1. The normalized spacial score (nSPS) is 12.5. The van der Waals surface area contributed by atoms with Crippen LogP contribution in [0.2, 0.25) is 0 Å². The molecule has 0 saturated carbocycles. The molecule has 8 heteroatoms. The summed E-state index contributed by atoms with van der Waals surface area (Å²) >= 11 is 0. The van der Waals surface area contributed by atoms with Crippen molar-refractivity contribution in [2.24, 2.45) is 5.73 Å². The van der Waals surface area contributed by atoms with Gasteiger partial charge in [-0.15, -0.1) is 0 Å². The fourth-order valence-electron chi connectivity index (χ4n) is 3.36. The van der Waals surface area contributed by atoms with Crippen LogP contribution in [0, 0.1) is 6.92 Å². The van der Waals surface area contributed by atoms with Gasteiger partial charge in [0.2, 0.25) is 5.89 Å². The Kier molecular flexibility index (Phi) is 6.42. The van der Waals surface area contributed by atoms with Crippen LogP contribution >= 0.6 is 0 Å². The first kappa shape index (κ1) is 21.5. The smallest absolute Gasteiger partial charge is 0.212 e. The second-order valence-electron chi connectivity index (χ2n) is 7.42. The molecule has 3 aromatic heterocycles. The number of hydrogen-bond acceptors (Lipinski definition) is 8. The van der Waals surface area contributed by atoms with E-state index in [-0.39, 0.29) is 5.78 Å². The molecule has 0 bridgehead atoms. The van der Waals surface area contributed by atoms with Gasteiger partial charge in [0.25, 0.3) is 0 Å². The van der Waals surface area contributed by atoms with Crippen LogP contribution in [0.4, 0.5) is 0 Å². The molecule has 0 unspecified atom stereocenters. The average Bonchev–Trinajstić information content (AvgIpc) is 3.50. The van der Waals surface area contributed by atoms with E-state index in [0.29, 0.717) is 42.4 Å². The van der Waals surface area contributed by atoms with Crippen molar-refractivity contribution in [3.63, 3.8) is 0 Å². The Morgan fingerprint density at radius 2 is 2.12 bits per heavy atom. The van der Waals surface area contributed by atoms with Crippen molar-refractivity contribution < 1.29 is 18.5 Å². The number of allylic oxidation sites excluding steroid dienone is 1. The van der Waals surface area contributed by atoms with E-state index in [9.17, 15) is 4.79 Å². The highest BCUT2D eigenvalue weighted by Crippen LogP contribution is 2.35. The lowest BCUT2D eigenvalue weighted by Crippen LogP contribution is -2.09. The van der Waals surface area contributed by atoms with Crippen molar-refractivity contribution in [1.29, 1.82) is 0 Å². The molecule has 0 amide bonds. The van der Waals surface area contributed by atoms with Gasteiger partial charge in [-0.1, -0.05) is 23.4 Å². The fourth-order valence-corrected chi connectivity index (χ4v) is 3.36. The lowest BCUT2D eigenvalue weighted by atomic mass is 10.1. The molecular weight excluding hydrogens is 408 g/mol. The molecule has 164 valence electrons. The summed E-state index contributed by atoms with van der Waals surface area (Å²) in [7, 11) is 1.61. The van der Waals surface area contributed by atoms with Gasteiger partial charge in [-0.3, -0.25) is 9.78 Å². The molecule has 0 aliphatic carbocycles. The van der Waals surface area contributed by atoms with Gasteiger partial charge >= 0.3 is 0 Å². The predicted molar refractivity (Wildman–Crippen MR) is 119 cm³/mol. The highest BCUT2D eigenvalue weighted by molar-refractivity contribution is 5.94. The summed E-state index contributed by atoms with van der Waals surface area (Å²) in [6.45, 7) is 1.95. The minimum absolute atomic E-state index is 0.0558. The lowest BCUT2D eigenvalue weighted by Gasteiger charge is -2.09. The Morgan fingerprint density at radius 1 is 1.25 bits per heavy atom. The maximum Gasteiger partial charge on any atom is 0.212 e. The molecule has 1 aromatic carbocycles. The summed E-state index contributed by atoms with van der Waals surface area (Å²) in [6.07, 6.45) is 8.38. The number of carbonyl (C=O) groups excluding carboxylic acids is 1. The third-order valence-corrected chi connectivity index (χ3v) is 5.07. The monoisotopic (exact) mass is 432 g/mol. The van der Waals surface area contributed by atoms with Crippen LogP contribution in [-0.4, -0.2) is 28.0 Å². The van der Waals surface area contributed by atoms with Gasteiger partial charge in [0.15, 0.2) is 11.5 Å². The molecule has 0 aliphatic rings. The maximum atomic E-state index is 11.9. The number of benzene rings is 1. The number of Topliss-reactive ketones (excluding diaryl/α,β-unsaturated/α-hetero) is 1. The van der Waals surface area contributed by atoms with Crippen LogP contribution in [0.25, 0.3) is 22.2 Å². The largest absolute Gasteiger partial charge is 0.496 e. The van der Waals surface area contributed by atoms with Crippen molar-refractivity contribution in [1.82, 2.24) is 15.1 Å². The molecule has 3 heterocycles. The summed E-state index contributed by atoms with van der Waals surface area (Å²) in [4.78, 5) is 20.8. The number of aryl methyl sites for hydroxylation is 1. The Morgan fingerprint density at radius 3 is 2.91 bits per heavy atom. The third kappa shape index (κ3) is 4.76. The Hall–Kier alpha value is -3.78. The first-order chi connectivity index (χ1) is 15.5. The molecular formula is C24H24N4O4. The van der Waals surface area contributed by atoms with Crippen molar-refractivity contribution in [3.8, 4) is 17.1 Å². The van der Waals surface area contributed by atoms with Gasteiger partial charge in [-0.25, -0.2) is 4.98 Å². The van der Waals surface area contributed by atoms with E-state index in [1.165, 1.54) is 6.26 Å². The molecule has 0 aliphatic heterocycles. The maximum absolute atomic E-state index is 11.9. The zero-order valence-corrected chi connectivity index (χ0v) is 17.9. The van der Waals surface area contributed by atoms with Crippen LogP contribution in [0.5, 0.6) is 5.75 Å². The molecule has 32 heavy (non-hydrogen) atoms. The standard InChI is InChI=1S/C24H24N4O4/c1-15-8-9-16-12-17(22(30-2)13-20(16)27-15)23-14-26-24(32-23)18(25)6-4-3-5-7-21(29)19-10-11-31-28-19/h3-4,8-14,18H,5-7,25H2,1-2H3/b4-3+/t18-/m0/s1. The van der Waals surface area contributed by atoms with E-state index in [0.717, 1.165) is 22.2 Å². The highest BCUT2D eigenvalue weighted by Gasteiger charge is 2.17. The first-order valence-electron chi connectivity index (χ1n) is 10.3. The Balaban J connectivity index is 1.41. The van der Waals surface area contributed by atoms with Crippen LogP contribution in [0.1, 0.15) is 47.4 Å². The summed E-state index contributed by atoms with van der Waals surface area (Å²) in [5, 5.41) is 4.62. The third-order valence-electron chi connectivity index (χ3n) is 5.07. The van der Waals surface area contributed by atoms with Gasteiger partial charge in [-0.05, 0) is 31.9 Å². The van der Waals surface area contributed by atoms with E-state index < -0.39 is 6.04 Å². The number of aromatic nitrogens is 3. The van der Waals surface area contributed by atoms with Crippen molar-refractivity contribution in [3.05, 3.63) is 72.2 Å². The summed E-state index contributed by atoms with van der Waals surface area (Å²) in [5.74, 6) is 1.62. The van der Waals surface area contributed by atoms with Gasteiger partial charge in [0.1, 0.15) is 17.7 Å². The predicted octanol–water partition coefficient (Wildman–Crippen LogP) is 4.80. The summed E-state index contributed by atoms with van der Waals surface area (Å²) < 4.78 is 16.2. The number of fused-ring (bicyclic) bond motifs is 1. The molecule has 2 N–H and O–H groups in total. The molecule has 4 aromatic rings. The lowest BCUT2D eigenvalue weighted by molar-refractivity contribution is 0.0975. The molecule has 0 fully saturated rings. The molecule has 1 atom stereocenters. The summed E-state index contributed by atoms with van der Waals surface area (Å²) in [5.41, 5.74) is 9.18. The van der Waals surface area contributed by atoms with Gasteiger partial charge < -0.3 is 19.4 Å². The van der Waals surface area contributed by atoms with Gasteiger partial charge in [0, 0.05) is 29.6 Å². The van der Waals surface area contributed by atoms with Crippen molar-refractivity contribution in [2.75, 3.05) is 7.11 Å². The highest BCUT2D eigenvalue weighted by atomic mass is 16.5. The Labute approximate surface area is 185 Å². The van der Waals surface area contributed by atoms with E-state index in [1.54, 1.807) is 19.4 Å². The molecule has 0 spiro atoms. The van der Waals surface area contributed by atoms with E-state index in [1.807, 2.05) is 43.3 Å². The van der Waals surface area contributed by atoms with Crippen LogP contribution in [0.15, 0.2) is 63.9 Å². The quantitative estimate of drug-likeness (QED) is 0.296. The minimum atomic E-state index is -0.401. The summed E-state index contributed by atoms with van der Waals surface area (Å²) in [6, 6.07) is 9.00. The number of nitrogens with two attached hydrogens (primary N) is 1. The van der Waals surface area contributed by atoms with Crippen LogP contribution in [-0.2, 0) is 0 Å². The minimum Gasteiger partial charge on any atom is -0.496 e. The van der Waals surface area contributed by atoms with Crippen LogP contribution in [0.3, 0.4) is 0 Å². The number of ether oxygens (including phenoxy) is 1. The molecule has 4 rings (SSSR count). The van der Waals surface area contributed by atoms with Crippen molar-refractivity contribution in [2.45, 2.75) is 32.2 Å². The van der Waals surface area contributed by atoms with Gasteiger partial charge in [-0.2, -0.15) is 0 Å². The van der Waals surface area contributed by atoms with E-state index in [2.05, 4.69) is 19.6 Å². The number of carbonyl (C=O) groups is 1. The average molecular weight is 432 g/mol. The van der Waals surface area contributed by atoms with E-state index in [4.69, 9.17) is 14.9 Å². The Bertz CT molecular complexity index is 1240. The first-order valence-corrected chi connectivity index (χ1v) is 10.3. The zero-order chi connectivity index (χ0) is 22.5. The topological polar surface area (TPSA) is 117 Å². The van der Waals surface area contributed by atoms with Gasteiger partial charge in [0.05, 0.1) is 30.4 Å². The number of rotatable bonds is 9. The number of nitrogens with zero attached hydrogens (tertiary/aromatic N) is 3. The molecule has 0 saturated heterocycles. The van der Waals surface area contributed by atoms with E-state index >= 15 is 0 Å². The number of pyridine rings is 1. The van der Waals surface area contributed by atoms with Crippen LogP contribution < -0.4 is 10.5 Å². The zero-order valence-electron chi connectivity index (χ0n) is 17.9. The molecule has 0 radical (unpaired) electrons. The second-order valence-corrected chi connectivity index (χ2v) is 7.42.